The minimum atomic E-state index is -4.64. The summed E-state index contributed by atoms with van der Waals surface area (Å²) in [5, 5.41) is 15.5. The third kappa shape index (κ3) is 32.0. The van der Waals surface area contributed by atoms with Crippen molar-refractivity contribution in [1.82, 2.24) is 17.4 Å². The molecule has 82 heavy (non-hydrogen) atoms. The largest absolute Gasteiger partial charge is 0.372 e. The first-order valence-corrected chi connectivity index (χ1v) is 27.7. The summed E-state index contributed by atoms with van der Waals surface area (Å²) in [5.41, 5.74) is 1.42. The first-order valence-electron chi connectivity index (χ1n) is 22.2. The highest BCUT2D eigenvalue weighted by atomic mass is 32.2. The van der Waals surface area contributed by atoms with E-state index in [0.29, 0.717) is 62.9 Å². The number of hydrogen-bond acceptors (Lipinski definition) is 18. The van der Waals surface area contributed by atoms with Crippen LogP contribution in [0.4, 0.5) is 5.69 Å². The zero-order valence-corrected chi connectivity index (χ0v) is 44.6. The van der Waals surface area contributed by atoms with Crippen molar-refractivity contribution in [2.45, 2.75) is 205 Å². The third-order valence-electron chi connectivity index (χ3n) is 10.1. The number of hydrogen-bond donors (Lipinski definition) is 7. The van der Waals surface area contributed by atoms with Gasteiger partial charge in [0.25, 0.3) is 47.2 Å². The lowest BCUT2D eigenvalue weighted by Gasteiger charge is -2.30. The number of nitrogens with zero attached hydrogens (tertiary/aromatic N) is 3. The van der Waals surface area contributed by atoms with Gasteiger partial charge in [0, 0.05) is 61.2 Å². The molecule has 11 N–H and O–H groups in total. The Kier molecular flexibility index (Phi) is 67.8. The summed E-state index contributed by atoms with van der Waals surface area (Å²) in [5.74, 6) is -3.97. The molecule has 0 radical (unpaired) electrons. The Bertz CT molecular complexity index is 2660. The molecule has 26 heteroatoms. The molecule has 3 heterocycles. The van der Waals surface area contributed by atoms with Crippen molar-refractivity contribution in [2.24, 2.45) is 0 Å². The monoisotopic (exact) mass is 1260 g/mol. The van der Waals surface area contributed by atoms with Crippen LogP contribution in [0.1, 0.15) is 209 Å². The summed E-state index contributed by atoms with van der Waals surface area (Å²) >= 11 is 1.25. The molecule has 0 spiro atoms. The SMILES string of the molecule is C.C.C.C.C.C.C.C.C.C.C.C=N.CC.CC.CC.CC1(CCCCCC(=O)ON2C(=O)CCC2=O)/C(=C/C=C/C=C/c2sc3cc(C(=O)OO)ccc3[n+]2CCCS(=O)(=O)O)N(CCCS(=O)(=O)O)c2ccc(S(=O)(=O)O)cc21.N.N. The van der Waals surface area contributed by atoms with Crippen molar-refractivity contribution in [2.75, 3.05) is 23.0 Å². The van der Waals surface area contributed by atoms with Crippen LogP contribution in [-0.2, 0) is 66.4 Å². The second kappa shape index (κ2) is 51.4. The molecule has 1 aromatic heterocycles. The summed E-state index contributed by atoms with van der Waals surface area (Å²) in [6.07, 6.45) is 10.1. The number of thiazole rings is 1. The van der Waals surface area contributed by atoms with Crippen LogP contribution in [-0.4, -0.2) is 97.8 Å². The van der Waals surface area contributed by atoms with Gasteiger partial charge in [-0.05, 0) is 74.9 Å². The summed E-state index contributed by atoms with van der Waals surface area (Å²) < 4.78 is 102. The Hall–Kier alpha value is -5.29. The van der Waals surface area contributed by atoms with Crippen molar-refractivity contribution < 1.29 is 77.6 Å². The lowest BCUT2D eigenvalue weighted by atomic mass is 9.77. The van der Waals surface area contributed by atoms with Crippen LogP contribution >= 0.6 is 11.3 Å². The lowest BCUT2D eigenvalue weighted by Crippen LogP contribution is -2.36. The first-order chi connectivity index (χ1) is 32.6. The van der Waals surface area contributed by atoms with Gasteiger partial charge < -0.3 is 27.4 Å². The number of aromatic nitrogens is 1. The number of aryl methyl sites for hydroxylation is 1. The van der Waals surface area contributed by atoms with Gasteiger partial charge in [-0.2, -0.15) is 35.1 Å². The van der Waals surface area contributed by atoms with Gasteiger partial charge >= 0.3 is 11.9 Å². The van der Waals surface area contributed by atoms with E-state index in [1.165, 1.54) is 41.7 Å². The molecule has 0 aliphatic carbocycles. The molecule has 1 fully saturated rings. The number of benzene rings is 2. The van der Waals surface area contributed by atoms with Crippen molar-refractivity contribution in [3.63, 3.8) is 0 Å². The van der Waals surface area contributed by atoms with Gasteiger partial charge in [0.1, 0.15) is 4.70 Å². The highest BCUT2D eigenvalue weighted by Crippen LogP contribution is 2.51. The molecule has 2 aliphatic rings. The molecule has 1 unspecified atom stereocenters. The zero-order valence-electron chi connectivity index (χ0n) is 41.3. The summed E-state index contributed by atoms with van der Waals surface area (Å²) in [4.78, 5) is 58.2. The average Bonchev–Trinajstić information content (AvgIpc) is 3.91. The fraction of sp³-hybridized carbons (Fsp3) is 0.571. The van der Waals surface area contributed by atoms with Gasteiger partial charge in [0.15, 0.2) is 6.54 Å². The molecule has 1 saturated heterocycles. The van der Waals surface area contributed by atoms with E-state index < -0.39 is 71.0 Å². The maximum Gasteiger partial charge on any atom is 0.372 e. The van der Waals surface area contributed by atoms with Crippen molar-refractivity contribution in [3.05, 3.63) is 82.5 Å². The summed E-state index contributed by atoms with van der Waals surface area (Å²) in [6.45, 7) is 16.6. The standard InChI is InChI=1S/C38H43N3O16S4.3C2H6.CH3N.11CH4.2H3N/c1-38(19-7-3-6-12-36(44)56-41-33(42)17-18-34(41)43)28-25-27(61(53,54)55)14-16-29(28)39(20-8-22-59(47,48)49)32(38)10-4-2-5-11-35-40(21-9-23-60(50,51)52)30-15-13-26(37(45)57-46)24-31(30)58-35;4*1-2;;;;;;;;;;;;;/h2,4-5,10-11,13-16,24-25H,3,6-9,12,17-23H2,1H3,(H3-,46,47,48,49,50,51,52,53,54,55);3*1-2H3;2H,1H2;11*1H4;2*1H3/p+1. The Morgan fingerprint density at radius 3 is 1.72 bits per heavy atom. The lowest BCUT2D eigenvalue weighted by molar-refractivity contribution is -0.668. The average molecular weight is 1260 g/mol. The second-order valence-electron chi connectivity index (χ2n) is 14.5. The molecule has 5 rings (SSSR count). The van der Waals surface area contributed by atoms with E-state index in [9.17, 15) is 58.1 Å². The predicted molar refractivity (Wildman–Crippen MR) is 348 cm³/mol. The smallest absolute Gasteiger partial charge is 0.344 e. The first kappa shape index (κ1) is 108. The Morgan fingerprint density at radius 2 is 1.23 bits per heavy atom. The molecule has 2 aromatic carbocycles. The van der Waals surface area contributed by atoms with Crippen LogP contribution in [0.15, 0.2) is 71.3 Å². The predicted octanol–water partition coefficient (Wildman–Crippen LogP) is 15.1. The van der Waals surface area contributed by atoms with E-state index in [0.717, 1.165) is 0 Å². The van der Waals surface area contributed by atoms with Gasteiger partial charge in [-0.1, -0.05) is 166 Å². The van der Waals surface area contributed by atoms with Crippen LogP contribution in [0.3, 0.4) is 0 Å². The van der Waals surface area contributed by atoms with Crippen molar-refractivity contribution in [3.8, 4) is 0 Å². The van der Waals surface area contributed by atoms with Crippen LogP contribution in [0, 0.1) is 5.41 Å². The summed E-state index contributed by atoms with van der Waals surface area (Å²) in [6, 6.07) is 8.61. The quantitative estimate of drug-likeness (QED) is 0.00807. The number of anilines is 1. The summed E-state index contributed by atoms with van der Waals surface area (Å²) in [7, 11) is -13.2. The van der Waals surface area contributed by atoms with Gasteiger partial charge in [0.2, 0.25) is 5.52 Å². The maximum absolute atomic E-state index is 12.4. The Morgan fingerprint density at radius 1 is 0.720 bits per heavy atom. The molecule has 3 aromatic rings. The number of rotatable bonds is 20. The molecular formula is C56H115N6O16S4+. The van der Waals surface area contributed by atoms with E-state index in [1.54, 1.807) is 45.9 Å². The van der Waals surface area contributed by atoms with Gasteiger partial charge in [0.05, 0.1) is 22.0 Å². The van der Waals surface area contributed by atoms with E-state index in [2.05, 4.69) is 11.6 Å². The van der Waals surface area contributed by atoms with E-state index in [4.69, 9.17) is 15.5 Å². The second-order valence-corrected chi connectivity index (χ2v) is 20.1. The molecule has 488 valence electrons. The van der Waals surface area contributed by atoms with E-state index in [-0.39, 0.29) is 150 Å². The Labute approximate surface area is 502 Å². The maximum atomic E-state index is 12.4. The zero-order chi connectivity index (χ0) is 52.8. The highest BCUT2D eigenvalue weighted by Gasteiger charge is 2.43. The number of allylic oxidation sites excluding steroid dienone is 5. The number of hydroxylamine groups is 2. The van der Waals surface area contributed by atoms with Crippen LogP contribution < -0.4 is 21.8 Å². The fourth-order valence-corrected chi connectivity index (χ4v) is 9.86. The minimum Gasteiger partial charge on any atom is -0.344 e. The molecule has 2 aliphatic heterocycles. The number of fused-ring (bicyclic) bond motifs is 2. The van der Waals surface area contributed by atoms with E-state index in [1.807, 2.05) is 48.5 Å². The van der Waals surface area contributed by atoms with Crippen LogP contribution in [0.25, 0.3) is 16.3 Å². The van der Waals surface area contributed by atoms with Crippen molar-refractivity contribution in [1.29, 1.82) is 5.41 Å². The molecule has 0 saturated carbocycles. The topological polar surface area (TPSA) is 374 Å². The number of carbonyl (C=O) groups is 4. The molecule has 1 atom stereocenters. The molecule has 2 amide bonds. The van der Waals surface area contributed by atoms with E-state index >= 15 is 0 Å². The number of amides is 2. The van der Waals surface area contributed by atoms with Crippen molar-refractivity contribution >= 4 is 94.1 Å². The fourth-order valence-electron chi connectivity index (χ4n) is 7.22. The van der Waals surface area contributed by atoms with Crippen LogP contribution in [0.5, 0.6) is 0 Å². The van der Waals surface area contributed by atoms with Gasteiger partial charge in [-0.25, -0.2) is 9.59 Å². The Balaban J connectivity index is -0.000000197. The normalized spacial score (nSPS) is 13.7. The number of unbranched alkanes of at least 4 members (excludes halogenated alkanes) is 2. The molecule has 0 bridgehead atoms. The number of imide groups is 1. The molecule has 22 nitrogen and oxygen atoms in total. The number of carbonyl (C=O) groups excluding carboxylic acids is 4. The minimum absolute atomic E-state index is 0. The van der Waals surface area contributed by atoms with Gasteiger partial charge in [-0.3, -0.25) is 28.1 Å². The highest BCUT2D eigenvalue weighted by molar-refractivity contribution is 7.86. The molecular weight excluding hydrogens is 1140 g/mol. The third-order valence-corrected chi connectivity index (χ3v) is 13.7. The van der Waals surface area contributed by atoms with Crippen LogP contribution in [0.2, 0.25) is 0 Å². The number of nitrogens with one attached hydrogen (secondary N) is 1. The van der Waals surface area contributed by atoms with Gasteiger partial charge in [-0.15, -0.1) is 5.06 Å².